The molecule has 0 saturated heterocycles. The molecule has 1 aromatic rings. The third-order valence-electron chi connectivity index (χ3n) is 3.68. The topological polar surface area (TPSA) is 92.4 Å². The van der Waals surface area contributed by atoms with Gasteiger partial charge in [-0.25, -0.2) is 18.1 Å². The lowest BCUT2D eigenvalue weighted by atomic mass is 9.97. The molecule has 7 heteroatoms. The van der Waals surface area contributed by atoms with E-state index in [1.165, 1.54) is 6.20 Å². The zero-order valence-electron chi connectivity index (χ0n) is 12.8. The van der Waals surface area contributed by atoms with Gasteiger partial charge in [-0.2, -0.15) is 0 Å². The predicted molar refractivity (Wildman–Crippen MR) is 78.4 cm³/mol. The van der Waals surface area contributed by atoms with Gasteiger partial charge < -0.3 is 9.52 Å². The monoisotopic (exact) mass is 316 g/mol. The number of aliphatic hydroxyl groups excluding tert-OH is 1. The minimum absolute atomic E-state index is 0.191. The van der Waals surface area contributed by atoms with Crippen LogP contribution in [0.1, 0.15) is 58.8 Å². The summed E-state index contributed by atoms with van der Waals surface area (Å²) in [6.45, 7) is 5.70. The predicted octanol–water partition coefficient (Wildman–Crippen LogP) is 1.94. The van der Waals surface area contributed by atoms with Crippen LogP contribution in [0.3, 0.4) is 0 Å². The smallest absolute Gasteiger partial charge is 0.275 e. The second-order valence-corrected chi connectivity index (χ2v) is 8.31. The first-order chi connectivity index (χ1) is 9.70. The van der Waals surface area contributed by atoms with E-state index in [0.29, 0.717) is 18.7 Å². The van der Waals surface area contributed by atoms with Crippen molar-refractivity contribution < 1.29 is 17.9 Å². The summed E-state index contributed by atoms with van der Waals surface area (Å²) in [5.41, 5.74) is -0.352. The van der Waals surface area contributed by atoms with Gasteiger partial charge in [-0.15, -0.1) is 0 Å². The molecule has 2 rings (SSSR count). The number of hydrogen-bond acceptors (Lipinski definition) is 5. The lowest BCUT2D eigenvalue weighted by Crippen LogP contribution is -2.42. The van der Waals surface area contributed by atoms with Gasteiger partial charge in [0.25, 0.3) is 15.1 Å². The highest BCUT2D eigenvalue weighted by Crippen LogP contribution is 2.25. The summed E-state index contributed by atoms with van der Waals surface area (Å²) < 4.78 is 32.6. The van der Waals surface area contributed by atoms with Gasteiger partial charge in [0.15, 0.2) is 0 Å². The van der Waals surface area contributed by atoms with Crippen LogP contribution in [0, 0.1) is 0 Å². The van der Waals surface area contributed by atoms with Crippen molar-refractivity contribution in [1.82, 2.24) is 9.71 Å². The number of rotatable bonds is 3. The molecule has 6 nitrogen and oxygen atoms in total. The molecule has 2 atom stereocenters. The molecule has 0 aliphatic heterocycles. The first-order valence-corrected chi connectivity index (χ1v) is 8.85. The molecule has 1 aromatic heterocycles. The highest BCUT2D eigenvalue weighted by Gasteiger charge is 2.30. The Labute approximate surface area is 126 Å². The third-order valence-corrected chi connectivity index (χ3v) is 5.01. The van der Waals surface area contributed by atoms with E-state index in [2.05, 4.69) is 9.71 Å². The first kappa shape index (κ1) is 16.5. The van der Waals surface area contributed by atoms with Crippen molar-refractivity contribution >= 4 is 10.0 Å². The Hall–Kier alpha value is -0.920. The van der Waals surface area contributed by atoms with E-state index in [0.717, 1.165) is 19.3 Å². The number of aliphatic hydroxyl groups is 1. The molecule has 0 spiro atoms. The molecule has 21 heavy (non-hydrogen) atoms. The normalized spacial score (nSPS) is 24.8. The van der Waals surface area contributed by atoms with Crippen molar-refractivity contribution in [2.24, 2.45) is 0 Å². The molecule has 1 aliphatic rings. The standard InChI is InChI=1S/C14H24N2O4S/c1-14(2,3)13-15-9-12(20-13)21(18,19)16-10-7-5-4-6-8-11(10)17/h9-11,16-17H,4-8H2,1-3H3/t10-,11-/m1/s1. The van der Waals surface area contributed by atoms with Crippen LogP contribution in [0.5, 0.6) is 0 Å². The SMILES string of the molecule is CC(C)(C)c1ncc(S(=O)(=O)N[C@@H]2CCCCC[C@H]2O)o1. The number of nitrogens with one attached hydrogen (secondary N) is 1. The summed E-state index contributed by atoms with van der Waals surface area (Å²) in [7, 11) is -3.79. The number of aromatic nitrogens is 1. The minimum Gasteiger partial charge on any atom is -0.427 e. The largest absolute Gasteiger partial charge is 0.427 e. The number of oxazole rings is 1. The van der Waals surface area contributed by atoms with Gasteiger partial charge in [-0.1, -0.05) is 40.0 Å². The molecule has 0 aromatic carbocycles. The summed E-state index contributed by atoms with van der Waals surface area (Å²) in [4.78, 5) is 4.04. The Bertz CT molecular complexity index is 574. The van der Waals surface area contributed by atoms with Crippen molar-refractivity contribution in [3.8, 4) is 0 Å². The lowest BCUT2D eigenvalue weighted by molar-refractivity contribution is 0.130. The average molecular weight is 316 g/mol. The van der Waals surface area contributed by atoms with Crippen LogP contribution in [0.25, 0.3) is 0 Å². The summed E-state index contributed by atoms with van der Waals surface area (Å²) in [6, 6.07) is -0.458. The quantitative estimate of drug-likeness (QED) is 0.831. The first-order valence-electron chi connectivity index (χ1n) is 7.37. The summed E-state index contributed by atoms with van der Waals surface area (Å²) >= 11 is 0. The van der Waals surface area contributed by atoms with Gasteiger partial charge >= 0.3 is 0 Å². The van der Waals surface area contributed by atoms with Crippen LogP contribution in [-0.2, 0) is 15.4 Å². The highest BCUT2D eigenvalue weighted by atomic mass is 32.2. The van der Waals surface area contributed by atoms with Crippen molar-refractivity contribution in [3.05, 3.63) is 12.1 Å². The van der Waals surface area contributed by atoms with Gasteiger partial charge in [0.2, 0.25) is 5.89 Å². The molecule has 0 radical (unpaired) electrons. The summed E-state index contributed by atoms with van der Waals surface area (Å²) in [5, 5.41) is 9.83. The lowest BCUT2D eigenvalue weighted by Gasteiger charge is -2.20. The molecule has 0 bridgehead atoms. The Morgan fingerprint density at radius 1 is 1.29 bits per heavy atom. The van der Waals surface area contributed by atoms with E-state index in [1.54, 1.807) is 0 Å². The average Bonchev–Trinajstić information content (AvgIpc) is 2.79. The molecule has 1 heterocycles. The second-order valence-electron chi connectivity index (χ2n) is 6.67. The molecule has 0 unspecified atom stereocenters. The minimum atomic E-state index is -3.79. The zero-order chi connectivity index (χ0) is 15.7. The summed E-state index contributed by atoms with van der Waals surface area (Å²) in [6.07, 6.45) is 4.70. The van der Waals surface area contributed by atoms with E-state index in [1.807, 2.05) is 20.8 Å². The number of hydrogen-bond donors (Lipinski definition) is 2. The molecular formula is C14H24N2O4S. The molecule has 1 aliphatic carbocycles. The molecule has 2 N–H and O–H groups in total. The van der Waals surface area contributed by atoms with Crippen molar-refractivity contribution in [1.29, 1.82) is 0 Å². The van der Waals surface area contributed by atoms with Gasteiger partial charge in [-0.05, 0) is 12.8 Å². The van der Waals surface area contributed by atoms with Crippen LogP contribution >= 0.6 is 0 Å². The molecule has 120 valence electrons. The van der Waals surface area contributed by atoms with E-state index < -0.39 is 22.2 Å². The highest BCUT2D eigenvalue weighted by molar-refractivity contribution is 7.89. The zero-order valence-corrected chi connectivity index (χ0v) is 13.6. The Kier molecular flexibility index (Phi) is 4.75. The van der Waals surface area contributed by atoms with Crippen molar-refractivity contribution in [3.63, 3.8) is 0 Å². The maximum atomic E-state index is 12.3. The Morgan fingerprint density at radius 3 is 2.57 bits per heavy atom. The molecular weight excluding hydrogens is 292 g/mol. The fraction of sp³-hybridized carbons (Fsp3) is 0.786. The maximum Gasteiger partial charge on any atom is 0.275 e. The second kappa shape index (κ2) is 6.06. The molecule has 0 amide bonds. The number of sulfonamides is 1. The van der Waals surface area contributed by atoms with Crippen LogP contribution in [0.2, 0.25) is 0 Å². The van der Waals surface area contributed by atoms with Crippen LogP contribution in [-0.4, -0.2) is 30.7 Å². The van der Waals surface area contributed by atoms with E-state index in [-0.39, 0.29) is 10.5 Å². The van der Waals surface area contributed by atoms with Gasteiger partial charge in [-0.3, -0.25) is 0 Å². The van der Waals surface area contributed by atoms with Crippen molar-refractivity contribution in [2.75, 3.05) is 0 Å². The fourth-order valence-electron chi connectivity index (χ4n) is 2.41. The third kappa shape index (κ3) is 4.05. The maximum absolute atomic E-state index is 12.3. The Balaban J connectivity index is 2.16. The van der Waals surface area contributed by atoms with E-state index >= 15 is 0 Å². The number of nitrogens with zero attached hydrogens (tertiary/aromatic N) is 1. The molecule has 1 saturated carbocycles. The van der Waals surface area contributed by atoms with E-state index in [9.17, 15) is 13.5 Å². The van der Waals surface area contributed by atoms with Gasteiger partial charge in [0, 0.05) is 11.5 Å². The molecule has 1 fully saturated rings. The van der Waals surface area contributed by atoms with Crippen LogP contribution < -0.4 is 4.72 Å². The van der Waals surface area contributed by atoms with Crippen molar-refractivity contribution in [2.45, 2.75) is 75.5 Å². The fourth-order valence-corrected chi connectivity index (χ4v) is 3.58. The summed E-state index contributed by atoms with van der Waals surface area (Å²) in [5.74, 6) is 0.379. The van der Waals surface area contributed by atoms with E-state index in [4.69, 9.17) is 4.42 Å². The van der Waals surface area contributed by atoms with Crippen LogP contribution in [0.4, 0.5) is 0 Å². The van der Waals surface area contributed by atoms with Gasteiger partial charge in [0.05, 0.1) is 12.3 Å². The Morgan fingerprint density at radius 2 is 1.95 bits per heavy atom. The van der Waals surface area contributed by atoms with Crippen LogP contribution in [0.15, 0.2) is 15.7 Å². The van der Waals surface area contributed by atoms with Gasteiger partial charge in [0.1, 0.15) is 0 Å².